The Balaban J connectivity index is 3.01. The molecule has 14 heavy (non-hydrogen) atoms. The van der Waals surface area contributed by atoms with Crippen LogP contribution in [0.1, 0.15) is 0 Å². The van der Waals surface area contributed by atoms with Gasteiger partial charge in [-0.15, -0.1) is 0 Å². The van der Waals surface area contributed by atoms with Crippen LogP contribution in [0.3, 0.4) is 0 Å². The molecule has 0 atom stereocenters. The maximum Gasteiger partial charge on any atom is 0.181 e. The molecule has 1 heterocycles. The molecule has 0 spiro atoms. The van der Waals surface area contributed by atoms with Crippen LogP contribution >= 0.6 is 38.9 Å². The second kappa shape index (κ2) is 3.29. The molecule has 1 aromatic heterocycles. The Bertz CT molecular complexity index is 483. The molecule has 0 saturated carbocycles. The molecular formula is C7H2BrClF2N2S. The lowest BCUT2D eigenvalue weighted by molar-refractivity contribution is 0.507. The Morgan fingerprint density at radius 3 is 2.64 bits per heavy atom. The van der Waals surface area contributed by atoms with E-state index in [1.165, 1.54) is 0 Å². The van der Waals surface area contributed by atoms with Gasteiger partial charge in [-0.3, -0.25) is 0 Å². The molecule has 0 saturated heterocycles. The molecule has 0 bridgehead atoms. The monoisotopic (exact) mass is 298 g/mol. The number of rotatable bonds is 0. The second-order valence-electron chi connectivity index (χ2n) is 2.49. The predicted molar refractivity (Wildman–Crippen MR) is 56.7 cm³/mol. The van der Waals surface area contributed by atoms with Gasteiger partial charge in [0.2, 0.25) is 0 Å². The van der Waals surface area contributed by atoms with E-state index in [1.807, 2.05) is 0 Å². The van der Waals surface area contributed by atoms with Crippen LogP contribution in [-0.4, -0.2) is 4.98 Å². The van der Waals surface area contributed by atoms with Crippen molar-refractivity contribution in [1.82, 2.24) is 4.98 Å². The molecule has 7 heteroatoms. The second-order valence-corrected chi connectivity index (χ2v) is 4.69. The summed E-state index contributed by atoms with van der Waals surface area (Å²) in [7, 11) is 0. The van der Waals surface area contributed by atoms with Gasteiger partial charge in [-0.1, -0.05) is 22.9 Å². The topological polar surface area (TPSA) is 38.9 Å². The summed E-state index contributed by atoms with van der Waals surface area (Å²) in [4.78, 5) is 3.80. The van der Waals surface area contributed by atoms with Crippen molar-refractivity contribution >= 4 is 54.2 Å². The Labute approximate surface area is 94.8 Å². The van der Waals surface area contributed by atoms with Crippen molar-refractivity contribution in [2.45, 2.75) is 0 Å². The number of fused-ring (bicyclic) bond motifs is 1. The lowest BCUT2D eigenvalue weighted by atomic mass is 10.3. The molecule has 2 aromatic rings. The van der Waals surface area contributed by atoms with Gasteiger partial charge in [0.15, 0.2) is 16.8 Å². The SMILES string of the molecule is Nc1nc2c(Cl)c(F)c(F)c(Br)c2s1. The quantitative estimate of drug-likeness (QED) is 0.596. The number of halogens is 4. The molecule has 0 aliphatic rings. The Morgan fingerprint density at radius 1 is 1.36 bits per heavy atom. The van der Waals surface area contributed by atoms with E-state index in [-0.39, 0.29) is 20.1 Å². The Morgan fingerprint density at radius 2 is 2.00 bits per heavy atom. The number of aromatic nitrogens is 1. The van der Waals surface area contributed by atoms with Gasteiger partial charge in [0, 0.05) is 0 Å². The predicted octanol–water partition coefficient (Wildman–Crippen LogP) is 3.57. The zero-order valence-corrected chi connectivity index (χ0v) is 9.60. The van der Waals surface area contributed by atoms with E-state index in [1.54, 1.807) is 0 Å². The summed E-state index contributed by atoms with van der Waals surface area (Å²) in [6.07, 6.45) is 0. The molecular weight excluding hydrogens is 298 g/mol. The Hall–Kier alpha value is -0.460. The summed E-state index contributed by atoms with van der Waals surface area (Å²) >= 11 is 9.53. The van der Waals surface area contributed by atoms with Crippen LogP contribution in [0.25, 0.3) is 10.2 Å². The van der Waals surface area contributed by atoms with E-state index in [0.717, 1.165) is 11.3 Å². The number of nitrogen functional groups attached to an aromatic ring is 1. The summed E-state index contributed by atoms with van der Waals surface area (Å²) in [5, 5.41) is -0.124. The van der Waals surface area contributed by atoms with E-state index in [9.17, 15) is 8.78 Å². The highest BCUT2D eigenvalue weighted by Crippen LogP contribution is 2.38. The van der Waals surface area contributed by atoms with Crippen LogP contribution in [0.15, 0.2) is 4.47 Å². The summed E-state index contributed by atoms with van der Waals surface area (Å²) in [5.74, 6) is -2.14. The van der Waals surface area contributed by atoms with Crippen molar-refractivity contribution in [2.24, 2.45) is 0 Å². The van der Waals surface area contributed by atoms with Gasteiger partial charge in [-0.25, -0.2) is 13.8 Å². The lowest BCUT2D eigenvalue weighted by Gasteiger charge is -1.99. The van der Waals surface area contributed by atoms with Crippen LogP contribution in [-0.2, 0) is 0 Å². The number of thiazole rings is 1. The molecule has 1 aromatic carbocycles. The molecule has 0 aliphatic heterocycles. The number of hydrogen-bond donors (Lipinski definition) is 1. The molecule has 2 rings (SSSR count). The van der Waals surface area contributed by atoms with Crippen LogP contribution in [0.5, 0.6) is 0 Å². The maximum absolute atomic E-state index is 13.2. The normalized spacial score (nSPS) is 11.1. The highest BCUT2D eigenvalue weighted by Gasteiger charge is 2.20. The summed E-state index contributed by atoms with van der Waals surface area (Å²) in [6.45, 7) is 0. The van der Waals surface area contributed by atoms with Gasteiger partial charge < -0.3 is 5.73 Å². The lowest BCUT2D eigenvalue weighted by Crippen LogP contribution is -1.89. The highest BCUT2D eigenvalue weighted by molar-refractivity contribution is 9.10. The minimum atomic E-state index is -1.11. The third-order valence-electron chi connectivity index (χ3n) is 1.63. The van der Waals surface area contributed by atoms with Crippen molar-refractivity contribution in [1.29, 1.82) is 0 Å². The van der Waals surface area contributed by atoms with E-state index in [2.05, 4.69) is 20.9 Å². The largest absolute Gasteiger partial charge is 0.375 e. The molecule has 74 valence electrons. The number of benzene rings is 1. The van der Waals surface area contributed by atoms with E-state index >= 15 is 0 Å². The van der Waals surface area contributed by atoms with E-state index in [0.29, 0.717) is 4.70 Å². The molecule has 2 N–H and O–H groups in total. The summed E-state index contributed by atoms with van der Waals surface area (Å²) in [6, 6.07) is 0. The van der Waals surface area contributed by atoms with Crippen LogP contribution < -0.4 is 5.73 Å². The molecule has 0 aliphatic carbocycles. The standard InChI is InChI=1S/C7H2BrClF2N2S/c8-1-3(10)4(11)2(9)5-6(1)14-7(12)13-5/h(H2,12,13). The van der Waals surface area contributed by atoms with Gasteiger partial charge in [0.1, 0.15) is 10.5 Å². The third kappa shape index (κ3) is 1.29. The van der Waals surface area contributed by atoms with Crippen LogP contribution in [0.2, 0.25) is 5.02 Å². The minimum absolute atomic E-state index is 0.00333. The summed E-state index contributed by atoms with van der Waals surface area (Å²) in [5.41, 5.74) is 5.59. The first kappa shape index (κ1) is 10.1. The number of nitrogens with zero attached hydrogens (tertiary/aromatic N) is 1. The van der Waals surface area contributed by atoms with Crippen LogP contribution in [0, 0.1) is 11.6 Å². The minimum Gasteiger partial charge on any atom is -0.375 e. The number of nitrogens with two attached hydrogens (primary N) is 1. The zero-order valence-electron chi connectivity index (χ0n) is 6.44. The van der Waals surface area contributed by atoms with Crippen molar-refractivity contribution in [3.05, 3.63) is 21.1 Å². The van der Waals surface area contributed by atoms with Crippen molar-refractivity contribution in [3.63, 3.8) is 0 Å². The first-order valence-electron chi connectivity index (χ1n) is 3.40. The molecule has 2 nitrogen and oxygen atoms in total. The molecule has 0 radical (unpaired) electrons. The van der Waals surface area contributed by atoms with Gasteiger partial charge >= 0.3 is 0 Å². The van der Waals surface area contributed by atoms with Gasteiger partial charge in [0.25, 0.3) is 0 Å². The number of hydrogen-bond acceptors (Lipinski definition) is 3. The summed E-state index contributed by atoms with van der Waals surface area (Å²) < 4.78 is 26.7. The first-order chi connectivity index (χ1) is 6.52. The van der Waals surface area contributed by atoms with Gasteiger partial charge in [0.05, 0.1) is 9.17 Å². The van der Waals surface area contributed by atoms with Crippen molar-refractivity contribution in [2.75, 3.05) is 5.73 Å². The fourth-order valence-electron chi connectivity index (χ4n) is 1.03. The highest BCUT2D eigenvalue weighted by atomic mass is 79.9. The third-order valence-corrected chi connectivity index (χ3v) is 3.88. The molecule has 0 amide bonds. The van der Waals surface area contributed by atoms with E-state index < -0.39 is 11.6 Å². The van der Waals surface area contributed by atoms with Gasteiger partial charge in [-0.2, -0.15) is 0 Å². The average molecular weight is 300 g/mol. The molecule has 0 unspecified atom stereocenters. The fourth-order valence-corrected chi connectivity index (χ4v) is 2.68. The average Bonchev–Trinajstić information content (AvgIpc) is 2.54. The smallest absolute Gasteiger partial charge is 0.181 e. The first-order valence-corrected chi connectivity index (χ1v) is 5.39. The molecule has 0 fully saturated rings. The zero-order chi connectivity index (χ0) is 10.5. The van der Waals surface area contributed by atoms with Crippen molar-refractivity contribution < 1.29 is 8.78 Å². The Kier molecular flexibility index (Phi) is 2.36. The van der Waals surface area contributed by atoms with E-state index in [4.69, 9.17) is 17.3 Å². The maximum atomic E-state index is 13.2. The van der Waals surface area contributed by atoms with Gasteiger partial charge in [-0.05, 0) is 15.9 Å². The fraction of sp³-hybridized carbons (Fsp3) is 0. The number of anilines is 1. The van der Waals surface area contributed by atoms with Crippen LogP contribution in [0.4, 0.5) is 13.9 Å². The van der Waals surface area contributed by atoms with Crippen molar-refractivity contribution in [3.8, 4) is 0 Å².